The highest BCUT2D eigenvalue weighted by atomic mass is 16.6. The minimum absolute atomic E-state index is 0.0882. The first kappa shape index (κ1) is 64.8. The third-order valence-corrected chi connectivity index (χ3v) is 12.4. The Labute approximate surface area is 421 Å². The Morgan fingerprint density at radius 3 is 0.956 bits per heavy atom. The minimum atomic E-state index is -0.792. The summed E-state index contributed by atoms with van der Waals surface area (Å²) in [6, 6.07) is 0. The molecule has 0 aromatic heterocycles. The van der Waals surface area contributed by atoms with Crippen LogP contribution in [-0.2, 0) is 28.6 Å². The molecule has 0 aliphatic carbocycles. The van der Waals surface area contributed by atoms with E-state index >= 15 is 0 Å². The van der Waals surface area contributed by atoms with Gasteiger partial charge in [0.05, 0.1) is 0 Å². The van der Waals surface area contributed by atoms with Crippen LogP contribution in [0, 0.1) is 0 Å². The topological polar surface area (TPSA) is 78.9 Å². The van der Waals surface area contributed by atoms with Gasteiger partial charge in [-0.05, 0) is 109 Å². The number of unbranched alkanes of at least 4 members (excludes halogenated alkanes) is 29. The van der Waals surface area contributed by atoms with Crippen LogP contribution in [0.2, 0.25) is 0 Å². The van der Waals surface area contributed by atoms with Crippen molar-refractivity contribution in [2.45, 2.75) is 290 Å². The van der Waals surface area contributed by atoms with Crippen molar-refractivity contribution in [3.8, 4) is 0 Å². The molecule has 0 saturated carbocycles. The van der Waals surface area contributed by atoms with E-state index in [1.54, 1.807) is 0 Å². The van der Waals surface area contributed by atoms with Gasteiger partial charge in [0, 0.05) is 19.3 Å². The maximum Gasteiger partial charge on any atom is 0.306 e. The maximum absolute atomic E-state index is 12.9. The number of carbonyl (C=O) groups is 3. The third kappa shape index (κ3) is 53.8. The third-order valence-electron chi connectivity index (χ3n) is 12.4. The molecule has 0 rings (SSSR count). The van der Waals surface area contributed by atoms with Crippen LogP contribution in [0.5, 0.6) is 0 Å². The molecule has 0 bridgehead atoms. The summed E-state index contributed by atoms with van der Waals surface area (Å²) >= 11 is 0. The van der Waals surface area contributed by atoms with Crippen molar-refractivity contribution >= 4 is 17.9 Å². The second kappa shape index (κ2) is 56.4. The van der Waals surface area contributed by atoms with E-state index in [4.69, 9.17) is 14.2 Å². The zero-order valence-corrected chi connectivity index (χ0v) is 44.9. The van der Waals surface area contributed by atoms with E-state index in [9.17, 15) is 14.4 Å². The van der Waals surface area contributed by atoms with Gasteiger partial charge < -0.3 is 14.2 Å². The first-order valence-electron chi connectivity index (χ1n) is 28.9. The van der Waals surface area contributed by atoms with Gasteiger partial charge >= 0.3 is 17.9 Å². The zero-order chi connectivity index (χ0) is 49.3. The molecule has 0 aromatic carbocycles. The van der Waals surface area contributed by atoms with Gasteiger partial charge in [-0.25, -0.2) is 0 Å². The molecule has 0 aromatic rings. The van der Waals surface area contributed by atoms with Gasteiger partial charge in [-0.2, -0.15) is 0 Å². The predicted molar refractivity (Wildman–Crippen MR) is 293 cm³/mol. The van der Waals surface area contributed by atoms with E-state index in [1.807, 2.05) is 0 Å². The Morgan fingerprint density at radius 1 is 0.309 bits per heavy atom. The quantitative estimate of drug-likeness (QED) is 0.0262. The van der Waals surface area contributed by atoms with Crippen molar-refractivity contribution in [3.05, 3.63) is 72.9 Å². The Kier molecular flexibility index (Phi) is 53.8. The molecule has 0 aliphatic heterocycles. The molecule has 0 fully saturated rings. The Hall–Kier alpha value is -3.15. The standard InChI is InChI=1S/C62H108O6/c1-4-7-10-13-16-19-22-25-27-29-31-33-34-37-40-43-46-49-52-55-61(64)67-58-59(57-66-60(63)54-51-48-45-42-39-36-24-21-18-15-12-9-6-3)68-62(65)56-53-50-47-44-41-38-35-32-30-28-26-23-20-17-14-11-8-5-2/h9,12,16,18-19,21,25,27-28,30,36,39,59H,4-8,10-11,13-15,17,20,22-24,26,29,31-35,37-38,40-58H2,1-3H3/b12-9-,19-16-,21-18-,27-25-,30-28-,39-36-. The smallest absolute Gasteiger partial charge is 0.306 e. The van der Waals surface area contributed by atoms with Crippen molar-refractivity contribution in [1.29, 1.82) is 0 Å². The lowest BCUT2D eigenvalue weighted by Crippen LogP contribution is -2.30. The monoisotopic (exact) mass is 949 g/mol. The summed E-state index contributed by atoms with van der Waals surface area (Å²) in [5.41, 5.74) is 0. The first-order valence-corrected chi connectivity index (χ1v) is 28.9. The van der Waals surface area contributed by atoms with Crippen LogP contribution in [0.4, 0.5) is 0 Å². The first-order chi connectivity index (χ1) is 33.5. The molecule has 6 heteroatoms. The molecule has 0 aliphatic rings. The van der Waals surface area contributed by atoms with Gasteiger partial charge in [0.15, 0.2) is 6.10 Å². The van der Waals surface area contributed by atoms with Crippen LogP contribution >= 0.6 is 0 Å². The molecule has 6 nitrogen and oxygen atoms in total. The van der Waals surface area contributed by atoms with E-state index in [1.165, 1.54) is 154 Å². The van der Waals surface area contributed by atoms with Gasteiger partial charge in [-0.1, -0.05) is 229 Å². The normalized spacial score (nSPS) is 12.6. The van der Waals surface area contributed by atoms with E-state index in [0.29, 0.717) is 19.3 Å². The summed E-state index contributed by atoms with van der Waals surface area (Å²) in [7, 11) is 0. The van der Waals surface area contributed by atoms with E-state index in [-0.39, 0.29) is 31.1 Å². The predicted octanol–water partition coefficient (Wildman–Crippen LogP) is 19.4. The van der Waals surface area contributed by atoms with Crippen LogP contribution in [0.3, 0.4) is 0 Å². The van der Waals surface area contributed by atoms with Crippen molar-refractivity contribution in [3.63, 3.8) is 0 Å². The maximum atomic E-state index is 12.9. The van der Waals surface area contributed by atoms with Gasteiger partial charge in [0.1, 0.15) is 13.2 Å². The fraction of sp³-hybridized carbons (Fsp3) is 0.758. The molecule has 0 spiro atoms. The summed E-state index contributed by atoms with van der Waals surface area (Å²) in [6.07, 6.45) is 71.8. The number of carbonyl (C=O) groups excluding carboxylic acids is 3. The zero-order valence-electron chi connectivity index (χ0n) is 44.9. The highest BCUT2D eigenvalue weighted by Gasteiger charge is 2.19. The summed E-state index contributed by atoms with van der Waals surface area (Å²) in [6.45, 7) is 6.49. The lowest BCUT2D eigenvalue weighted by atomic mass is 10.1. The molecule has 0 saturated heterocycles. The lowest BCUT2D eigenvalue weighted by Gasteiger charge is -2.18. The molecule has 0 N–H and O–H groups in total. The summed E-state index contributed by atoms with van der Waals surface area (Å²) in [5, 5.41) is 0. The van der Waals surface area contributed by atoms with E-state index in [0.717, 1.165) is 89.9 Å². The molecular weight excluding hydrogens is 841 g/mol. The van der Waals surface area contributed by atoms with Gasteiger partial charge in [-0.15, -0.1) is 0 Å². The summed E-state index contributed by atoms with van der Waals surface area (Å²) < 4.78 is 16.8. The largest absolute Gasteiger partial charge is 0.462 e. The van der Waals surface area contributed by atoms with Crippen molar-refractivity contribution in [2.24, 2.45) is 0 Å². The SMILES string of the molecule is CC/C=C\C/C=C\C/C=C\CCCCCC(=O)OCC(COC(=O)CCCCCCCCCCC/C=C\C/C=C\CCCCC)OC(=O)CCCCCCCCC/C=C\CCCCCCCCC. The average molecular weight is 950 g/mol. The van der Waals surface area contributed by atoms with Crippen LogP contribution in [0.15, 0.2) is 72.9 Å². The summed E-state index contributed by atoms with van der Waals surface area (Å²) in [4.78, 5) is 38.1. The Bertz CT molecular complexity index is 1270. The number of esters is 3. The van der Waals surface area contributed by atoms with Crippen LogP contribution in [0.25, 0.3) is 0 Å². The van der Waals surface area contributed by atoms with Gasteiger partial charge in [0.25, 0.3) is 0 Å². The fourth-order valence-electron chi connectivity index (χ4n) is 8.07. The molecule has 0 radical (unpaired) electrons. The highest BCUT2D eigenvalue weighted by molar-refractivity contribution is 5.71. The highest BCUT2D eigenvalue weighted by Crippen LogP contribution is 2.15. The van der Waals surface area contributed by atoms with E-state index < -0.39 is 6.10 Å². The summed E-state index contributed by atoms with van der Waals surface area (Å²) in [5.74, 6) is -0.919. The lowest BCUT2D eigenvalue weighted by molar-refractivity contribution is -0.167. The van der Waals surface area contributed by atoms with E-state index in [2.05, 4.69) is 93.7 Å². The number of allylic oxidation sites excluding steroid dienone is 12. The number of ether oxygens (including phenoxy) is 3. The molecule has 68 heavy (non-hydrogen) atoms. The van der Waals surface area contributed by atoms with Crippen LogP contribution in [-0.4, -0.2) is 37.2 Å². The van der Waals surface area contributed by atoms with Gasteiger partial charge in [0.2, 0.25) is 0 Å². The van der Waals surface area contributed by atoms with Crippen molar-refractivity contribution in [2.75, 3.05) is 13.2 Å². The van der Waals surface area contributed by atoms with Gasteiger partial charge in [-0.3, -0.25) is 14.4 Å². The Balaban J connectivity index is 4.39. The van der Waals surface area contributed by atoms with Crippen LogP contribution < -0.4 is 0 Å². The van der Waals surface area contributed by atoms with Crippen molar-refractivity contribution < 1.29 is 28.6 Å². The number of rotatable bonds is 52. The molecule has 392 valence electrons. The second-order valence-electron chi connectivity index (χ2n) is 19.2. The molecule has 1 unspecified atom stereocenters. The number of hydrogen-bond acceptors (Lipinski definition) is 6. The van der Waals surface area contributed by atoms with Crippen LogP contribution in [0.1, 0.15) is 284 Å². The molecule has 1 atom stereocenters. The second-order valence-corrected chi connectivity index (χ2v) is 19.2. The Morgan fingerprint density at radius 2 is 0.574 bits per heavy atom. The van der Waals surface area contributed by atoms with Crippen molar-refractivity contribution in [1.82, 2.24) is 0 Å². The average Bonchev–Trinajstić information content (AvgIpc) is 3.34. The molecular formula is C62H108O6. The molecule has 0 heterocycles. The molecule has 0 amide bonds. The number of hydrogen-bond donors (Lipinski definition) is 0. The minimum Gasteiger partial charge on any atom is -0.462 e. The fourth-order valence-corrected chi connectivity index (χ4v) is 8.07.